The first-order chi connectivity index (χ1) is 17.8. The van der Waals surface area contributed by atoms with Gasteiger partial charge in [-0.05, 0) is 30.3 Å². The lowest BCUT2D eigenvalue weighted by atomic mass is 10.1. The van der Waals surface area contributed by atoms with Crippen molar-refractivity contribution in [3.05, 3.63) is 88.0 Å². The van der Waals surface area contributed by atoms with Gasteiger partial charge in [0.2, 0.25) is 5.91 Å². The van der Waals surface area contributed by atoms with Crippen LogP contribution in [0, 0.1) is 16.0 Å². The second-order valence-corrected chi connectivity index (χ2v) is 8.40. The Hall–Kier alpha value is -5.06. The fraction of sp³-hybridized carbons (Fsp3) is 0.154. The summed E-state index contributed by atoms with van der Waals surface area (Å²) in [7, 11) is 1.49. The molecule has 1 fully saturated rings. The van der Waals surface area contributed by atoms with Crippen molar-refractivity contribution in [3.63, 3.8) is 0 Å². The minimum absolute atomic E-state index is 0.0525. The lowest BCUT2D eigenvalue weighted by molar-refractivity contribution is -0.385. The van der Waals surface area contributed by atoms with Crippen LogP contribution in [0.25, 0.3) is 0 Å². The monoisotopic (exact) mass is 501 g/mol. The number of amides is 3. The first kappa shape index (κ1) is 23.7. The number of anilines is 2. The predicted molar refractivity (Wildman–Crippen MR) is 130 cm³/mol. The number of hydrogen-bond donors (Lipinski definition) is 0. The van der Waals surface area contributed by atoms with E-state index in [0.29, 0.717) is 11.4 Å². The number of fused-ring (bicyclic) bond motifs is 1. The summed E-state index contributed by atoms with van der Waals surface area (Å²) in [4.78, 5) is 64.3. The van der Waals surface area contributed by atoms with E-state index < -0.39 is 34.3 Å². The van der Waals surface area contributed by atoms with Crippen LogP contribution < -0.4 is 19.3 Å². The smallest absolute Gasteiger partial charge is 0.316 e. The van der Waals surface area contributed by atoms with E-state index in [-0.39, 0.29) is 41.4 Å². The Morgan fingerprint density at radius 1 is 1.00 bits per heavy atom. The molecular weight excluding hydrogens is 482 g/mol. The first-order valence-corrected chi connectivity index (χ1v) is 11.2. The molecule has 1 saturated heterocycles. The van der Waals surface area contributed by atoms with Gasteiger partial charge >= 0.3 is 5.97 Å². The van der Waals surface area contributed by atoms with Gasteiger partial charge in [0, 0.05) is 25.1 Å². The molecule has 3 aromatic rings. The number of carbonyl (C=O) groups excluding carboxylic acids is 4. The van der Waals surface area contributed by atoms with Crippen LogP contribution in [0.5, 0.6) is 11.5 Å². The lowest BCUT2D eigenvalue weighted by Gasteiger charge is -2.19. The van der Waals surface area contributed by atoms with Gasteiger partial charge in [-0.25, -0.2) is 4.90 Å². The normalized spacial score (nSPS) is 16.7. The van der Waals surface area contributed by atoms with E-state index in [1.54, 1.807) is 24.3 Å². The van der Waals surface area contributed by atoms with Crippen molar-refractivity contribution in [1.29, 1.82) is 0 Å². The van der Waals surface area contributed by atoms with E-state index >= 15 is 0 Å². The highest BCUT2D eigenvalue weighted by Gasteiger charge is 2.42. The third-order valence-electron chi connectivity index (χ3n) is 6.22. The molecule has 2 aliphatic rings. The number of nitro groups is 1. The Balaban J connectivity index is 1.34. The Kier molecular flexibility index (Phi) is 5.88. The molecule has 0 spiro atoms. The molecule has 5 rings (SSSR count). The second kappa shape index (κ2) is 9.19. The van der Waals surface area contributed by atoms with Crippen molar-refractivity contribution < 1.29 is 33.6 Å². The van der Waals surface area contributed by atoms with Gasteiger partial charge in [-0.3, -0.25) is 29.3 Å². The number of methoxy groups -OCH3 is 1. The molecule has 3 aromatic carbocycles. The maximum Gasteiger partial charge on any atom is 0.316 e. The van der Waals surface area contributed by atoms with Crippen molar-refractivity contribution in [1.82, 2.24) is 0 Å². The van der Waals surface area contributed by atoms with Gasteiger partial charge in [-0.1, -0.05) is 24.3 Å². The van der Waals surface area contributed by atoms with Crippen LogP contribution >= 0.6 is 0 Å². The number of imide groups is 1. The molecule has 0 radical (unpaired) electrons. The minimum Gasteiger partial charge on any atom is -0.495 e. The van der Waals surface area contributed by atoms with E-state index in [2.05, 4.69) is 0 Å². The van der Waals surface area contributed by atoms with E-state index in [4.69, 9.17) is 9.47 Å². The molecule has 11 heteroatoms. The fourth-order valence-electron chi connectivity index (χ4n) is 4.49. The summed E-state index contributed by atoms with van der Waals surface area (Å²) in [6.07, 6.45) is -0.0569. The average molecular weight is 501 g/mol. The van der Waals surface area contributed by atoms with Gasteiger partial charge < -0.3 is 14.4 Å². The molecule has 2 heterocycles. The zero-order chi connectivity index (χ0) is 26.3. The summed E-state index contributed by atoms with van der Waals surface area (Å²) in [5, 5.41) is 11.4. The van der Waals surface area contributed by atoms with Gasteiger partial charge in [-0.15, -0.1) is 0 Å². The van der Waals surface area contributed by atoms with E-state index in [0.717, 1.165) is 11.0 Å². The summed E-state index contributed by atoms with van der Waals surface area (Å²) in [6, 6.07) is 16.5. The summed E-state index contributed by atoms with van der Waals surface area (Å²) in [5.74, 6) is -2.67. The van der Waals surface area contributed by atoms with Crippen molar-refractivity contribution in [2.45, 2.75) is 6.42 Å². The van der Waals surface area contributed by atoms with Crippen molar-refractivity contribution >= 4 is 40.8 Å². The topological polar surface area (TPSA) is 136 Å². The molecular formula is C26H19N3O8. The molecule has 11 nitrogen and oxygen atoms in total. The molecule has 186 valence electrons. The van der Waals surface area contributed by atoms with Crippen LogP contribution in [0.1, 0.15) is 27.1 Å². The molecule has 37 heavy (non-hydrogen) atoms. The fourth-order valence-corrected chi connectivity index (χ4v) is 4.49. The van der Waals surface area contributed by atoms with E-state index in [9.17, 15) is 29.3 Å². The van der Waals surface area contributed by atoms with Gasteiger partial charge in [-0.2, -0.15) is 0 Å². The largest absolute Gasteiger partial charge is 0.495 e. The summed E-state index contributed by atoms with van der Waals surface area (Å²) >= 11 is 0. The number of ether oxygens (including phenoxy) is 2. The highest BCUT2D eigenvalue weighted by molar-refractivity contribution is 6.35. The van der Waals surface area contributed by atoms with Gasteiger partial charge in [0.1, 0.15) is 17.1 Å². The van der Waals surface area contributed by atoms with Crippen LogP contribution in [0.3, 0.4) is 0 Å². The van der Waals surface area contributed by atoms with Gasteiger partial charge in [0.05, 0.1) is 34.9 Å². The third kappa shape index (κ3) is 4.05. The zero-order valence-corrected chi connectivity index (χ0v) is 19.5. The van der Waals surface area contributed by atoms with Crippen molar-refractivity contribution in [3.8, 4) is 11.5 Å². The molecule has 0 unspecified atom stereocenters. The summed E-state index contributed by atoms with van der Waals surface area (Å²) in [5.41, 5.74) is -0.203. The molecule has 0 N–H and O–H groups in total. The number of rotatable bonds is 6. The van der Waals surface area contributed by atoms with Crippen molar-refractivity contribution in [2.24, 2.45) is 5.92 Å². The van der Waals surface area contributed by atoms with Crippen LogP contribution in [-0.2, 0) is 9.59 Å². The molecule has 2 aliphatic heterocycles. The third-order valence-corrected chi connectivity index (χ3v) is 6.22. The lowest BCUT2D eigenvalue weighted by Crippen LogP contribution is -2.29. The first-order valence-electron chi connectivity index (χ1n) is 11.2. The number of nitrogens with zero attached hydrogens (tertiary/aromatic N) is 3. The molecule has 0 bridgehead atoms. The second-order valence-electron chi connectivity index (χ2n) is 8.40. The number of benzene rings is 3. The SMILES string of the molecule is COc1ccccc1N1C[C@H](C(=O)Oc2cccc(N3C(=O)c4cccc([N+](=O)[O-])c4C3=O)c2)CC1=O. The number of carbonyl (C=O) groups is 4. The van der Waals surface area contributed by atoms with Crippen LogP contribution in [0.4, 0.5) is 17.1 Å². The van der Waals surface area contributed by atoms with E-state index in [1.807, 2.05) is 0 Å². The number of nitro benzene ring substituents is 1. The van der Waals surface area contributed by atoms with Crippen molar-refractivity contribution in [2.75, 3.05) is 23.5 Å². The van der Waals surface area contributed by atoms with Gasteiger partial charge in [0.15, 0.2) is 0 Å². The quantitative estimate of drug-likeness (QED) is 0.165. The van der Waals surface area contributed by atoms with Gasteiger partial charge in [0.25, 0.3) is 17.5 Å². The predicted octanol–water partition coefficient (Wildman–Crippen LogP) is 3.36. The van der Waals surface area contributed by atoms with E-state index in [1.165, 1.54) is 48.4 Å². The Morgan fingerprint density at radius 2 is 1.76 bits per heavy atom. The van der Waals surface area contributed by atoms with Crippen LogP contribution in [0.15, 0.2) is 66.7 Å². The van der Waals surface area contributed by atoms with Crippen LogP contribution in [0.2, 0.25) is 0 Å². The zero-order valence-electron chi connectivity index (χ0n) is 19.5. The molecule has 1 atom stereocenters. The number of esters is 1. The molecule has 0 aliphatic carbocycles. The Morgan fingerprint density at radius 3 is 2.51 bits per heavy atom. The maximum atomic E-state index is 13.0. The summed E-state index contributed by atoms with van der Waals surface area (Å²) < 4.78 is 10.8. The molecule has 0 saturated carbocycles. The highest BCUT2D eigenvalue weighted by Crippen LogP contribution is 2.36. The maximum absolute atomic E-state index is 13.0. The Bertz CT molecular complexity index is 1480. The Labute approximate surface area is 209 Å². The number of para-hydroxylation sites is 2. The standard InChI is InChI=1S/C26H19N3O8/c1-36-21-11-3-2-9-19(21)27-14-15(12-22(27)30)26(33)37-17-7-4-6-16(13-17)28-24(31)18-8-5-10-20(29(34)35)23(18)25(28)32/h2-11,13,15H,12,14H2,1H3/t15-/m1/s1. The summed E-state index contributed by atoms with van der Waals surface area (Å²) in [6.45, 7) is 0.0970. The highest BCUT2D eigenvalue weighted by atomic mass is 16.6. The number of hydrogen-bond acceptors (Lipinski definition) is 8. The average Bonchev–Trinajstić information content (AvgIpc) is 3.41. The molecule has 0 aromatic heterocycles. The van der Waals surface area contributed by atoms with Crippen LogP contribution in [-0.4, -0.2) is 42.3 Å². The molecule has 3 amide bonds. The minimum atomic E-state index is -0.843.